The smallest absolute Gasteiger partial charge is 0.243 e. The fourth-order valence-corrected chi connectivity index (χ4v) is 2.52. The molecule has 0 aliphatic heterocycles. The molecule has 0 aliphatic rings. The van der Waals surface area contributed by atoms with Gasteiger partial charge in [-0.05, 0) is 52.3 Å². The highest BCUT2D eigenvalue weighted by molar-refractivity contribution is 7.91. The van der Waals surface area contributed by atoms with E-state index in [4.69, 9.17) is 5.73 Å². The number of hydrogen-bond acceptors (Lipinski definition) is 4. The van der Waals surface area contributed by atoms with Crippen molar-refractivity contribution in [1.29, 1.82) is 0 Å². The number of rotatable bonds is 4. The molecule has 22 heavy (non-hydrogen) atoms. The summed E-state index contributed by atoms with van der Waals surface area (Å²) in [6.07, 6.45) is 0. The monoisotopic (exact) mass is 348 g/mol. The number of amides is 1. The van der Waals surface area contributed by atoms with Crippen molar-refractivity contribution in [1.82, 2.24) is 0 Å². The van der Waals surface area contributed by atoms with Gasteiger partial charge in [0.25, 0.3) is 0 Å². The first-order valence-electron chi connectivity index (χ1n) is 6.74. The first kappa shape index (κ1) is 20.9. The molecule has 1 aromatic rings. The summed E-state index contributed by atoms with van der Waals surface area (Å²) >= 11 is 0. The van der Waals surface area contributed by atoms with Crippen LogP contribution in [0.3, 0.4) is 0 Å². The quantitative estimate of drug-likeness (QED) is 0.874. The summed E-state index contributed by atoms with van der Waals surface area (Å²) < 4.78 is 23.6. The van der Waals surface area contributed by atoms with Gasteiger partial charge in [-0.1, -0.05) is 12.1 Å². The van der Waals surface area contributed by atoms with Crippen molar-refractivity contribution in [2.24, 2.45) is 5.73 Å². The molecule has 0 aliphatic carbocycles. The molecule has 0 radical (unpaired) electrons. The maximum absolute atomic E-state index is 12.2. The number of halogens is 1. The van der Waals surface area contributed by atoms with E-state index in [-0.39, 0.29) is 24.1 Å². The first-order chi connectivity index (χ1) is 9.33. The summed E-state index contributed by atoms with van der Waals surface area (Å²) in [6.45, 7) is 8.23. The molecule has 0 atom stereocenters. The van der Waals surface area contributed by atoms with Crippen LogP contribution in [0.15, 0.2) is 24.3 Å². The Labute approximate surface area is 139 Å². The highest BCUT2D eigenvalue weighted by Gasteiger charge is 2.29. The molecule has 0 aromatic heterocycles. The standard InChI is InChI=1S/C15H24N2O3S.ClH/c1-14(2,3)21(19,20)10-11-7-6-8-12(9-11)17-13(18)15(4,5)16;/h6-9H,10,16H2,1-5H3,(H,17,18);1H. The van der Waals surface area contributed by atoms with E-state index in [1.54, 1.807) is 58.9 Å². The van der Waals surface area contributed by atoms with Gasteiger partial charge in [-0.25, -0.2) is 8.42 Å². The third-order valence-corrected chi connectivity index (χ3v) is 5.64. The summed E-state index contributed by atoms with van der Waals surface area (Å²) in [7, 11) is -3.26. The minimum atomic E-state index is -3.26. The minimum absolute atomic E-state index is 0. The highest BCUT2D eigenvalue weighted by atomic mass is 35.5. The predicted octanol–water partition coefficient (Wildman–Crippen LogP) is 2.50. The molecule has 126 valence electrons. The summed E-state index contributed by atoms with van der Waals surface area (Å²) in [5, 5.41) is 2.69. The molecule has 3 N–H and O–H groups in total. The van der Waals surface area contributed by atoms with E-state index in [9.17, 15) is 13.2 Å². The topological polar surface area (TPSA) is 89.3 Å². The van der Waals surface area contributed by atoms with Crippen LogP contribution in [0.5, 0.6) is 0 Å². The van der Waals surface area contributed by atoms with Crippen molar-refractivity contribution in [3.63, 3.8) is 0 Å². The van der Waals surface area contributed by atoms with Crippen molar-refractivity contribution >= 4 is 33.8 Å². The molecule has 5 nitrogen and oxygen atoms in total. The minimum Gasteiger partial charge on any atom is -0.325 e. The third kappa shape index (κ3) is 5.59. The van der Waals surface area contributed by atoms with Gasteiger partial charge >= 0.3 is 0 Å². The van der Waals surface area contributed by atoms with E-state index >= 15 is 0 Å². The molecule has 1 rings (SSSR count). The Hall–Kier alpha value is -1.11. The van der Waals surface area contributed by atoms with Crippen LogP contribution in [-0.2, 0) is 20.4 Å². The Bertz CT molecular complexity index is 629. The third-order valence-electron chi connectivity index (χ3n) is 3.06. The van der Waals surface area contributed by atoms with Crippen LogP contribution in [-0.4, -0.2) is 24.6 Å². The van der Waals surface area contributed by atoms with E-state index in [0.29, 0.717) is 11.3 Å². The Morgan fingerprint density at radius 2 is 1.73 bits per heavy atom. The lowest BCUT2D eigenvalue weighted by Crippen LogP contribution is -2.45. The summed E-state index contributed by atoms with van der Waals surface area (Å²) in [4.78, 5) is 11.8. The molecular formula is C15H25ClN2O3S. The second-order valence-electron chi connectivity index (χ2n) is 6.75. The van der Waals surface area contributed by atoms with Gasteiger partial charge in [0.05, 0.1) is 16.0 Å². The van der Waals surface area contributed by atoms with Gasteiger partial charge in [-0.2, -0.15) is 0 Å². The summed E-state index contributed by atoms with van der Waals surface area (Å²) in [5.74, 6) is -0.384. The fraction of sp³-hybridized carbons (Fsp3) is 0.533. The predicted molar refractivity (Wildman–Crippen MR) is 93.0 cm³/mol. The van der Waals surface area contributed by atoms with Gasteiger partial charge < -0.3 is 11.1 Å². The maximum atomic E-state index is 12.2. The second kappa shape index (κ2) is 6.98. The van der Waals surface area contributed by atoms with E-state index < -0.39 is 20.1 Å². The van der Waals surface area contributed by atoms with Crippen LogP contribution < -0.4 is 11.1 Å². The van der Waals surface area contributed by atoms with Crippen molar-refractivity contribution in [2.75, 3.05) is 5.32 Å². The zero-order chi connectivity index (χ0) is 16.5. The Morgan fingerprint density at radius 1 is 1.18 bits per heavy atom. The Balaban J connectivity index is 0.00000441. The van der Waals surface area contributed by atoms with E-state index in [1.165, 1.54) is 0 Å². The first-order valence-corrected chi connectivity index (χ1v) is 8.40. The molecule has 0 unspecified atom stereocenters. The Kier molecular flexibility index (Phi) is 6.63. The average Bonchev–Trinajstić information content (AvgIpc) is 2.25. The van der Waals surface area contributed by atoms with Gasteiger partial charge in [0, 0.05) is 5.69 Å². The molecule has 1 aromatic carbocycles. The zero-order valence-corrected chi connectivity index (χ0v) is 15.3. The van der Waals surface area contributed by atoms with Crippen molar-refractivity contribution in [3.05, 3.63) is 29.8 Å². The molecule has 0 bridgehead atoms. The van der Waals surface area contributed by atoms with Crippen molar-refractivity contribution in [2.45, 2.75) is 50.7 Å². The van der Waals surface area contributed by atoms with Crippen molar-refractivity contribution in [3.8, 4) is 0 Å². The van der Waals surface area contributed by atoms with E-state index in [1.807, 2.05) is 0 Å². The number of hydrogen-bond donors (Lipinski definition) is 2. The van der Waals surface area contributed by atoms with Gasteiger partial charge in [0.2, 0.25) is 5.91 Å². The number of carbonyl (C=O) groups excluding carboxylic acids is 1. The molecule has 0 saturated heterocycles. The largest absolute Gasteiger partial charge is 0.325 e. The van der Waals surface area contributed by atoms with Gasteiger partial charge in [0.1, 0.15) is 0 Å². The van der Waals surface area contributed by atoms with Crippen LogP contribution in [0.2, 0.25) is 0 Å². The number of sulfone groups is 1. The van der Waals surface area contributed by atoms with Crippen LogP contribution in [0.25, 0.3) is 0 Å². The molecule has 7 heteroatoms. The molecule has 0 spiro atoms. The van der Waals surface area contributed by atoms with Crippen LogP contribution >= 0.6 is 12.4 Å². The fourth-order valence-electron chi connectivity index (χ4n) is 1.47. The summed E-state index contributed by atoms with van der Waals surface area (Å²) in [5.41, 5.74) is 5.90. The normalized spacial score (nSPS) is 12.5. The lowest BCUT2D eigenvalue weighted by molar-refractivity contribution is -0.120. The van der Waals surface area contributed by atoms with Gasteiger partial charge in [-0.15, -0.1) is 12.4 Å². The SMILES string of the molecule is CC(C)(N)C(=O)Nc1cccc(CS(=O)(=O)C(C)(C)C)c1.Cl. The molecule has 0 saturated carbocycles. The number of benzene rings is 1. The number of nitrogens with two attached hydrogens (primary N) is 1. The molecular weight excluding hydrogens is 324 g/mol. The Morgan fingerprint density at radius 3 is 2.18 bits per heavy atom. The maximum Gasteiger partial charge on any atom is 0.243 e. The average molecular weight is 349 g/mol. The van der Waals surface area contributed by atoms with Crippen LogP contribution in [0.1, 0.15) is 40.2 Å². The number of anilines is 1. The van der Waals surface area contributed by atoms with E-state index in [2.05, 4.69) is 5.32 Å². The van der Waals surface area contributed by atoms with Crippen molar-refractivity contribution < 1.29 is 13.2 Å². The highest BCUT2D eigenvalue weighted by Crippen LogP contribution is 2.22. The molecule has 0 fully saturated rings. The van der Waals surface area contributed by atoms with Gasteiger partial charge in [0.15, 0.2) is 9.84 Å². The lowest BCUT2D eigenvalue weighted by atomic mass is 10.1. The summed E-state index contributed by atoms with van der Waals surface area (Å²) in [6, 6.07) is 6.81. The van der Waals surface area contributed by atoms with Crippen LogP contribution in [0.4, 0.5) is 5.69 Å². The van der Waals surface area contributed by atoms with Crippen LogP contribution in [0, 0.1) is 0 Å². The molecule has 0 heterocycles. The number of carbonyl (C=O) groups is 1. The molecule has 1 amide bonds. The van der Waals surface area contributed by atoms with Gasteiger partial charge in [-0.3, -0.25) is 4.79 Å². The zero-order valence-electron chi connectivity index (χ0n) is 13.6. The second-order valence-corrected chi connectivity index (χ2v) is 9.49. The lowest BCUT2D eigenvalue weighted by Gasteiger charge is -2.20. The van der Waals surface area contributed by atoms with E-state index in [0.717, 1.165) is 0 Å². The number of nitrogens with one attached hydrogen (secondary N) is 1.